The fraction of sp³-hybridized carbons (Fsp3) is 0.571. The van der Waals surface area contributed by atoms with Crippen LogP contribution in [0.2, 0.25) is 0 Å². The van der Waals surface area contributed by atoms with E-state index >= 15 is 0 Å². The monoisotopic (exact) mass is 342 g/mol. The lowest BCUT2D eigenvalue weighted by molar-refractivity contribution is -0.152. The summed E-state index contributed by atoms with van der Waals surface area (Å²) in [7, 11) is 0. The molecule has 0 unspecified atom stereocenters. The average molecular weight is 342 g/mol. The summed E-state index contributed by atoms with van der Waals surface area (Å²) in [5.41, 5.74) is -0.850. The van der Waals surface area contributed by atoms with Crippen molar-refractivity contribution in [2.45, 2.75) is 44.6 Å². The van der Waals surface area contributed by atoms with E-state index < -0.39 is 41.6 Å². The molecule has 1 aromatic rings. The molecule has 1 aliphatic rings. The van der Waals surface area contributed by atoms with Gasteiger partial charge in [-0.05, 0) is 6.92 Å². The zero-order chi connectivity index (χ0) is 17.9. The van der Waals surface area contributed by atoms with Gasteiger partial charge in [0.05, 0.1) is 18.9 Å². The number of hydrogen-bond acceptors (Lipinski definition) is 7. The molecule has 1 aliphatic heterocycles. The summed E-state index contributed by atoms with van der Waals surface area (Å²) in [5.74, 6) is -1.83. The molecule has 0 spiro atoms. The maximum atomic E-state index is 11.8. The molecule has 132 valence electrons. The number of nitrogens with one attached hydrogen (secondary N) is 1. The highest BCUT2D eigenvalue weighted by Crippen LogP contribution is 2.27. The number of carbonyl (C=O) groups excluding carboxylic acids is 1. The van der Waals surface area contributed by atoms with Crippen LogP contribution in [0.4, 0.5) is 0 Å². The number of hydrogen-bond donors (Lipinski definition) is 3. The fourth-order valence-corrected chi connectivity index (χ4v) is 2.29. The topological polar surface area (TPSA) is 148 Å². The van der Waals surface area contributed by atoms with Gasteiger partial charge in [0, 0.05) is 18.2 Å². The van der Waals surface area contributed by atoms with E-state index in [1.807, 2.05) is 0 Å². The molecule has 0 amide bonds. The Morgan fingerprint density at radius 3 is 2.79 bits per heavy atom. The molecule has 2 heterocycles. The number of aliphatic hydroxyl groups excluding tert-OH is 1. The van der Waals surface area contributed by atoms with E-state index in [1.54, 1.807) is 0 Å². The van der Waals surface area contributed by atoms with Crippen LogP contribution in [0.1, 0.15) is 31.1 Å². The highest BCUT2D eigenvalue weighted by atomic mass is 16.6. The highest BCUT2D eigenvalue weighted by Gasteiger charge is 2.36. The van der Waals surface area contributed by atoms with Gasteiger partial charge in [0.25, 0.3) is 5.56 Å². The van der Waals surface area contributed by atoms with E-state index in [0.717, 1.165) is 4.57 Å². The summed E-state index contributed by atoms with van der Waals surface area (Å²) >= 11 is 0. The number of ether oxygens (including phenoxy) is 2. The number of aromatic nitrogens is 2. The van der Waals surface area contributed by atoms with Crippen molar-refractivity contribution in [3.8, 4) is 0 Å². The van der Waals surface area contributed by atoms with E-state index in [9.17, 15) is 24.3 Å². The van der Waals surface area contributed by atoms with Gasteiger partial charge in [0.1, 0.15) is 18.9 Å². The van der Waals surface area contributed by atoms with Gasteiger partial charge in [-0.15, -0.1) is 0 Å². The lowest BCUT2D eigenvalue weighted by Gasteiger charge is -2.16. The first-order chi connectivity index (χ1) is 11.3. The first kappa shape index (κ1) is 17.9. The normalized spacial score (nSPS) is 23.2. The molecule has 0 aliphatic carbocycles. The molecule has 1 saturated heterocycles. The second-order valence-corrected chi connectivity index (χ2v) is 5.49. The summed E-state index contributed by atoms with van der Waals surface area (Å²) in [5, 5.41) is 18.5. The van der Waals surface area contributed by atoms with Crippen molar-refractivity contribution >= 4 is 11.9 Å². The molecule has 1 fully saturated rings. The third-order valence-corrected chi connectivity index (χ3v) is 3.61. The second-order valence-electron chi connectivity index (χ2n) is 5.49. The summed E-state index contributed by atoms with van der Waals surface area (Å²) in [4.78, 5) is 47.1. The molecule has 10 nitrogen and oxygen atoms in total. The average Bonchev–Trinajstić information content (AvgIpc) is 2.87. The van der Waals surface area contributed by atoms with Gasteiger partial charge in [-0.1, -0.05) is 0 Å². The molecule has 10 heteroatoms. The van der Waals surface area contributed by atoms with Crippen molar-refractivity contribution in [3.05, 3.63) is 32.6 Å². The minimum Gasteiger partial charge on any atom is -0.481 e. The third-order valence-electron chi connectivity index (χ3n) is 3.61. The van der Waals surface area contributed by atoms with Crippen LogP contribution in [0.5, 0.6) is 0 Å². The predicted octanol–water partition coefficient (Wildman–Crippen LogP) is -1.10. The molecule has 0 saturated carbocycles. The summed E-state index contributed by atoms with van der Waals surface area (Å²) in [6.45, 7) is 1.27. The number of rotatable bonds is 6. The van der Waals surface area contributed by atoms with Gasteiger partial charge < -0.3 is 19.7 Å². The lowest BCUT2D eigenvalue weighted by Crippen LogP contribution is -2.33. The zero-order valence-corrected chi connectivity index (χ0v) is 12.9. The molecule has 2 rings (SSSR count). The number of carboxylic acids is 1. The Labute approximate surface area is 135 Å². The Hall–Kier alpha value is -2.46. The molecule has 3 atom stereocenters. The smallest absolute Gasteiger partial charge is 0.330 e. The van der Waals surface area contributed by atoms with E-state index in [1.165, 1.54) is 13.1 Å². The van der Waals surface area contributed by atoms with Gasteiger partial charge in [-0.3, -0.25) is 23.9 Å². The van der Waals surface area contributed by atoms with Crippen molar-refractivity contribution in [1.82, 2.24) is 9.55 Å². The number of H-pyrrole nitrogens is 1. The van der Waals surface area contributed by atoms with Crippen LogP contribution in [0.15, 0.2) is 15.8 Å². The molecule has 1 aromatic heterocycles. The molecular formula is C14H18N2O8. The number of aryl methyl sites for hydroxylation is 1. The van der Waals surface area contributed by atoms with Gasteiger partial charge in [0.15, 0.2) is 0 Å². The van der Waals surface area contributed by atoms with Gasteiger partial charge in [-0.2, -0.15) is 0 Å². The Balaban J connectivity index is 1.96. The van der Waals surface area contributed by atoms with E-state index in [4.69, 9.17) is 14.6 Å². The molecule has 0 radical (unpaired) electrons. The number of carbonyl (C=O) groups is 2. The van der Waals surface area contributed by atoms with Gasteiger partial charge in [-0.25, -0.2) is 4.79 Å². The quantitative estimate of drug-likeness (QED) is 0.552. The van der Waals surface area contributed by atoms with Crippen LogP contribution < -0.4 is 11.2 Å². The van der Waals surface area contributed by atoms with Gasteiger partial charge >= 0.3 is 17.6 Å². The summed E-state index contributed by atoms with van der Waals surface area (Å²) < 4.78 is 11.5. The van der Waals surface area contributed by atoms with Crippen LogP contribution in [-0.4, -0.2) is 50.5 Å². The molecule has 3 N–H and O–H groups in total. The first-order valence-electron chi connectivity index (χ1n) is 7.31. The van der Waals surface area contributed by atoms with Crippen LogP contribution in [0, 0.1) is 6.92 Å². The molecule has 0 bridgehead atoms. The lowest BCUT2D eigenvalue weighted by atomic mass is 10.2. The van der Waals surface area contributed by atoms with E-state index in [0.29, 0.717) is 5.56 Å². The summed E-state index contributed by atoms with van der Waals surface area (Å²) in [6, 6.07) is 0. The van der Waals surface area contributed by atoms with E-state index in [2.05, 4.69) is 4.98 Å². The second kappa shape index (κ2) is 7.41. The zero-order valence-electron chi connectivity index (χ0n) is 12.9. The number of esters is 1. The van der Waals surface area contributed by atoms with Crippen LogP contribution in [0.25, 0.3) is 0 Å². The highest BCUT2D eigenvalue weighted by molar-refractivity contribution is 5.76. The SMILES string of the molecule is Cc1cn([C@H]2C[C@H](O)[C@@H](COC(=O)CCC(=O)O)O2)c(=O)[nH]c1=O. The summed E-state index contributed by atoms with van der Waals surface area (Å²) in [6.07, 6.45) is -1.82. The van der Waals surface area contributed by atoms with Gasteiger partial charge in [0.2, 0.25) is 0 Å². The van der Waals surface area contributed by atoms with E-state index in [-0.39, 0.29) is 25.9 Å². The van der Waals surface area contributed by atoms with Crippen LogP contribution in [0.3, 0.4) is 0 Å². The Morgan fingerprint density at radius 2 is 2.12 bits per heavy atom. The van der Waals surface area contributed by atoms with Crippen LogP contribution in [-0.2, 0) is 19.1 Å². The van der Waals surface area contributed by atoms with Crippen molar-refractivity contribution in [2.75, 3.05) is 6.61 Å². The molecule has 24 heavy (non-hydrogen) atoms. The number of carboxylic acid groups (broad SMARTS) is 1. The fourth-order valence-electron chi connectivity index (χ4n) is 2.29. The molecular weight excluding hydrogens is 324 g/mol. The maximum absolute atomic E-state index is 11.8. The van der Waals surface area contributed by atoms with Crippen molar-refractivity contribution in [3.63, 3.8) is 0 Å². The Bertz CT molecular complexity index is 737. The third kappa shape index (κ3) is 4.30. The standard InChI is InChI=1S/C14H18N2O8/c1-7-5-16(14(22)15-13(7)21)10-4-8(17)9(24-10)6-23-12(20)3-2-11(18)19/h5,8-10,17H,2-4,6H2,1H3,(H,18,19)(H,15,21,22)/t8-,9+,10+/m0/s1. The Morgan fingerprint density at radius 1 is 1.42 bits per heavy atom. The van der Waals surface area contributed by atoms with Crippen molar-refractivity contribution in [2.24, 2.45) is 0 Å². The predicted molar refractivity (Wildman–Crippen MR) is 78.4 cm³/mol. The number of nitrogens with zero attached hydrogens (tertiary/aromatic N) is 1. The van der Waals surface area contributed by atoms with Crippen molar-refractivity contribution in [1.29, 1.82) is 0 Å². The minimum absolute atomic E-state index is 0.0860. The van der Waals surface area contributed by atoms with Crippen LogP contribution >= 0.6 is 0 Å². The molecule has 0 aromatic carbocycles. The maximum Gasteiger partial charge on any atom is 0.330 e. The Kier molecular flexibility index (Phi) is 5.52. The number of aromatic amines is 1. The minimum atomic E-state index is -1.11. The van der Waals surface area contributed by atoms with Crippen molar-refractivity contribution < 1.29 is 29.3 Å². The largest absolute Gasteiger partial charge is 0.481 e. The first-order valence-corrected chi connectivity index (χ1v) is 7.31. The number of aliphatic carboxylic acids is 1. The number of aliphatic hydroxyl groups is 1.